The molecule has 106 valence electrons. The van der Waals surface area contributed by atoms with Gasteiger partial charge in [-0.25, -0.2) is 4.98 Å². The zero-order valence-corrected chi connectivity index (χ0v) is 12.7. The van der Waals surface area contributed by atoms with E-state index in [2.05, 4.69) is 10.1 Å². The van der Waals surface area contributed by atoms with Gasteiger partial charge in [-0.05, 0) is 25.1 Å². The molecule has 5 nitrogen and oxygen atoms in total. The summed E-state index contributed by atoms with van der Waals surface area (Å²) in [5.74, 6) is -0.000621. The largest absolute Gasteiger partial charge is 0.409 e. The van der Waals surface area contributed by atoms with Crippen molar-refractivity contribution >= 4 is 34.5 Å². The van der Waals surface area contributed by atoms with Gasteiger partial charge in [-0.3, -0.25) is 0 Å². The molecule has 0 saturated carbocycles. The highest BCUT2D eigenvalue weighted by atomic mass is 35.5. The second-order valence-corrected chi connectivity index (χ2v) is 5.83. The number of nitrogens with zero attached hydrogens (tertiary/aromatic N) is 3. The van der Waals surface area contributed by atoms with Gasteiger partial charge < -0.3 is 15.8 Å². The SMILES string of the molecule is Cc1nc(CN(C)c2ccc(C(N)=NO)c(Cl)c2)cs1. The van der Waals surface area contributed by atoms with Crippen molar-refractivity contribution in [2.24, 2.45) is 10.9 Å². The van der Waals surface area contributed by atoms with Crippen molar-refractivity contribution in [3.63, 3.8) is 0 Å². The van der Waals surface area contributed by atoms with Crippen LogP contribution >= 0.6 is 22.9 Å². The molecule has 7 heteroatoms. The summed E-state index contributed by atoms with van der Waals surface area (Å²) in [6, 6.07) is 5.39. The summed E-state index contributed by atoms with van der Waals surface area (Å²) in [7, 11) is 1.96. The number of oxime groups is 1. The van der Waals surface area contributed by atoms with E-state index in [0.717, 1.165) is 16.4 Å². The Labute approximate surface area is 126 Å². The van der Waals surface area contributed by atoms with Crippen LogP contribution in [0.4, 0.5) is 5.69 Å². The lowest BCUT2D eigenvalue weighted by Gasteiger charge is -2.19. The molecule has 1 heterocycles. The average Bonchev–Trinajstić information content (AvgIpc) is 2.83. The van der Waals surface area contributed by atoms with Crippen molar-refractivity contribution in [1.29, 1.82) is 0 Å². The smallest absolute Gasteiger partial charge is 0.171 e. The van der Waals surface area contributed by atoms with Gasteiger partial charge in [-0.1, -0.05) is 16.8 Å². The Hall–Kier alpha value is -1.79. The van der Waals surface area contributed by atoms with Crippen molar-refractivity contribution in [2.75, 3.05) is 11.9 Å². The molecule has 0 radical (unpaired) electrons. The standard InChI is InChI=1S/C13H15ClN4OS/c1-8-16-9(7-20-8)6-18(2)10-3-4-11(12(14)5-10)13(15)17-19/h3-5,7,19H,6H2,1-2H3,(H2,15,17). The maximum atomic E-state index is 8.68. The molecule has 0 bridgehead atoms. The molecule has 1 aromatic carbocycles. The summed E-state index contributed by atoms with van der Waals surface area (Å²) >= 11 is 7.77. The minimum absolute atomic E-state index is 0.000621. The highest BCUT2D eigenvalue weighted by Gasteiger charge is 2.10. The lowest BCUT2D eigenvalue weighted by Crippen LogP contribution is -2.18. The monoisotopic (exact) mass is 310 g/mol. The average molecular weight is 311 g/mol. The van der Waals surface area contributed by atoms with E-state index in [-0.39, 0.29) is 5.84 Å². The number of hydrogen-bond donors (Lipinski definition) is 2. The van der Waals surface area contributed by atoms with Crippen molar-refractivity contribution in [2.45, 2.75) is 13.5 Å². The molecule has 0 amide bonds. The van der Waals surface area contributed by atoms with Gasteiger partial charge in [-0.2, -0.15) is 0 Å². The first-order valence-electron chi connectivity index (χ1n) is 5.91. The Bertz CT molecular complexity index is 641. The lowest BCUT2D eigenvalue weighted by molar-refractivity contribution is 0.318. The number of amidine groups is 1. The van der Waals surface area contributed by atoms with E-state index in [0.29, 0.717) is 17.1 Å². The molecule has 0 unspecified atom stereocenters. The van der Waals surface area contributed by atoms with Crippen molar-refractivity contribution in [3.8, 4) is 0 Å². The number of thiazole rings is 1. The molecule has 2 aromatic rings. The highest BCUT2D eigenvalue weighted by molar-refractivity contribution is 7.09. The van der Waals surface area contributed by atoms with Gasteiger partial charge in [0.25, 0.3) is 0 Å². The number of anilines is 1. The second-order valence-electron chi connectivity index (χ2n) is 4.36. The molecule has 0 spiro atoms. The zero-order valence-electron chi connectivity index (χ0n) is 11.2. The van der Waals surface area contributed by atoms with Crippen molar-refractivity contribution in [1.82, 2.24) is 4.98 Å². The van der Waals surface area contributed by atoms with Gasteiger partial charge in [0.15, 0.2) is 5.84 Å². The van der Waals surface area contributed by atoms with Gasteiger partial charge >= 0.3 is 0 Å². The molecule has 0 fully saturated rings. The predicted molar refractivity (Wildman–Crippen MR) is 82.9 cm³/mol. The third-order valence-electron chi connectivity index (χ3n) is 2.84. The minimum atomic E-state index is -0.000621. The fourth-order valence-corrected chi connectivity index (χ4v) is 2.69. The molecule has 3 N–H and O–H groups in total. The quantitative estimate of drug-likeness (QED) is 0.394. The number of aromatic nitrogens is 1. The zero-order chi connectivity index (χ0) is 14.7. The first kappa shape index (κ1) is 14.6. The Kier molecular flexibility index (Phi) is 4.46. The van der Waals surface area contributed by atoms with Crippen LogP contribution in [0.25, 0.3) is 0 Å². The van der Waals surface area contributed by atoms with E-state index < -0.39 is 0 Å². The van der Waals surface area contributed by atoms with Crippen molar-refractivity contribution < 1.29 is 5.21 Å². The summed E-state index contributed by atoms with van der Waals surface area (Å²) in [5, 5.41) is 15.2. The number of aryl methyl sites for hydroxylation is 1. The third kappa shape index (κ3) is 3.20. The highest BCUT2D eigenvalue weighted by Crippen LogP contribution is 2.24. The van der Waals surface area contributed by atoms with E-state index >= 15 is 0 Å². The Morgan fingerprint density at radius 2 is 2.30 bits per heavy atom. The minimum Gasteiger partial charge on any atom is -0.409 e. The van der Waals surface area contributed by atoms with Gasteiger partial charge in [-0.15, -0.1) is 11.3 Å². The molecule has 0 atom stereocenters. The topological polar surface area (TPSA) is 74.7 Å². The summed E-state index contributed by atoms with van der Waals surface area (Å²) in [6.07, 6.45) is 0. The molecule has 0 aliphatic rings. The van der Waals surface area contributed by atoms with Crippen LogP contribution in [0.2, 0.25) is 5.02 Å². The summed E-state index contributed by atoms with van der Waals surface area (Å²) in [5.41, 5.74) is 8.01. The van der Waals surface area contributed by atoms with E-state index in [9.17, 15) is 0 Å². The normalized spacial score (nSPS) is 11.7. The van der Waals surface area contributed by atoms with Gasteiger partial charge in [0, 0.05) is 23.7 Å². The molecule has 0 saturated heterocycles. The van der Waals surface area contributed by atoms with Crippen LogP contribution in [-0.4, -0.2) is 23.1 Å². The number of nitrogens with two attached hydrogens (primary N) is 1. The molecule has 0 aliphatic carbocycles. The molecular formula is C13H15ClN4OS. The Balaban J connectivity index is 2.18. The van der Waals surface area contributed by atoms with Gasteiger partial charge in [0.2, 0.25) is 0 Å². The van der Waals surface area contributed by atoms with Gasteiger partial charge in [0.1, 0.15) is 0 Å². The molecule has 1 aromatic heterocycles. The summed E-state index contributed by atoms with van der Waals surface area (Å²) in [4.78, 5) is 6.47. The number of halogens is 1. The molecular weight excluding hydrogens is 296 g/mol. The maximum absolute atomic E-state index is 8.68. The lowest BCUT2D eigenvalue weighted by atomic mass is 10.2. The van der Waals surface area contributed by atoms with E-state index in [1.54, 1.807) is 23.5 Å². The fraction of sp³-hybridized carbons (Fsp3) is 0.231. The van der Waals surface area contributed by atoms with E-state index in [1.807, 2.05) is 30.3 Å². The predicted octanol–water partition coefficient (Wildman–Crippen LogP) is 2.84. The second kappa shape index (κ2) is 6.11. The van der Waals surface area contributed by atoms with Crippen LogP contribution < -0.4 is 10.6 Å². The van der Waals surface area contributed by atoms with Crippen LogP contribution in [0, 0.1) is 6.92 Å². The first-order valence-corrected chi connectivity index (χ1v) is 7.16. The Morgan fingerprint density at radius 3 is 2.85 bits per heavy atom. The number of hydrogen-bond acceptors (Lipinski definition) is 5. The Morgan fingerprint density at radius 1 is 1.55 bits per heavy atom. The molecule has 20 heavy (non-hydrogen) atoms. The molecule has 0 aliphatic heterocycles. The fourth-order valence-electron chi connectivity index (χ4n) is 1.82. The van der Waals surface area contributed by atoms with Crippen LogP contribution in [0.15, 0.2) is 28.7 Å². The first-order chi connectivity index (χ1) is 9.51. The van der Waals surface area contributed by atoms with Crippen LogP contribution in [-0.2, 0) is 6.54 Å². The van der Waals surface area contributed by atoms with Crippen LogP contribution in [0.3, 0.4) is 0 Å². The molecule has 2 rings (SSSR count). The number of rotatable bonds is 4. The number of benzene rings is 1. The van der Waals surface area contributed by atoms with Crippen LogP contribution in [0.1, 0.15) is 16.3 Å². The van der Waals surface area contributed by atoms with E-state index in [4.69, 9.17) is 22.5 Å². The van der Waals surface area contributed by atoms with Crippen molar-refractivity contribution in [3.05, 3.63) is 44.9 Å². The van der Waals surface area contributed by atoms with Crippen LogP contribution in [0.5, 0.6) is 0 Å². The summed E-state index contributed by atoms with van der Waals surface area (Å²) in [6.45, 7) is 2.68. The van der Waals surface area contributed by atoms with E-state index in [1.165, 1.54) is 0 Å². The third-order valence-corrected chi connectivity index (χ3v) is 3.98. The van der Waals surface area contributed by atoms with Gasteiger partial charge in [0.05, 0.1) is 22.3 Å². The maximum Gasteiger partial charge on any atom is 0.171 e. The summed E-state index contributed by atoms with van der Waals surface area (Å²) < 4.78 is 0.